The number of carbonyl (C=O) groups is 3. The van der Waals surface area contributed by atoms with Gasteiger partial charge in [0.15, 0.2) is 6.10 Å². The summed E-state index contributed by atoms with van der Waals surface area (Å²) in [7, 11) is 0. The molecule has 0 heterocycles. The Morgan fingerprint density at radius 2 is 0.646 bits per heavy atom. The van der Waals surface area contributed by atoms with Gasteiger partial charge in [-0.15, -0.1) is 0 Å². The summed E-state index contributed by atoms with van der Waals surface area (Å²) in [5, 5.41) is 0. The van der Waals surface area contributed by atoms with E-state index in [0.717, 1.165) is 77.0 Å². The summed E-state index contributed by atoms with van der Waals surface area (Å²) in [5.41, 5.74) is 0. The second kappa shape index (κ2) is 53.2. The van der Waals surface area contributed by atoms with Crippen LogP contribution in [0.4, 0.5) is 0 Å². The fourth-order valence-corrected chi connectivity index (χ4v) is 7.37. The van der Waals surface area contributed by atoms with Crippen LogP contribution >= 0.6 is 0 Å². The van der Waals surface area contributed by atoms with Gasteiger partial charge in [-0.25, -0.2) is 0 Å². The Balaban J connectivity index is 4.42. The highest BCUT2D eigenvalue weighted by atomic mass is 16.6. The summed E-state index contributed by atoms with van der Waals surface area (Å²) < 4.78 is 16.7. The van der Waals surface area contributed by atoms with E-state index < -0.39 is 12.1 Å². The number of esters is 3. The highest BCUT2D eigenvalue weighted by Gasteiger charge is 2.19. The largest absolute Gasteiger partial charge is 0.462 e. The van der Waals surface area contributed by atoms with Crippen molar-refractivity contribution in [2.24, 2.45) is 0 Å². The molecule has 1 unspecified atom stereocenters. The van der Waals surface area contributed by atoms with Gasteiger partial charge in [-0.3, -0.25) is 14.4 Å². The van der Waals surface area contributed by atoms with Crippen molar-refractivity contribution in [1.29, 1.82) is 0 Å². The molecular weight excluding hydrogens is 805 g/mol. The third kappa shape index (κ3) is 51.4. The summed E-state index contributed by atoms with van der Waals surface area (Å²) in [6.45, 7) is 6.42. The van der Waals surface area contributed by atoms with Crippen molar-refractivity contribution in [3.63, 3.8) is 0 Å². The number of hydrogen-bond donors (Lipinski definition) is 0. The lowest BCUT2D eigenvalue weighted by molar-refractivity contribution is -0.166. The van der Waals surface area contributed by atoms with Gasteiger partial charge in [0.05, 0.1) is 6.42 Å². The molecule has 0 aromatic rings. The van der Waals surface area contributed by atoms with E-state index in [2.05, 4.69) is 93.7 Å². The Bertz CT molecular complexity index is 1270. The Kier molecular flexibility index (Phi) is 50.4. The molecule has 1 atom stereocenters. The van der Waals surface area contributed by atoms with Crippen LogP contribution in [0, 0.1) is 0 Å². The fourth-order valence-electron chi connectivity index (χ4n) is 7.37. The first-order valence-corrected chi connectivity index (χ1v) is 27.1. The number of unbranched alkanes of at least 4 members (excludes halogenated alkanes) is 24. The molecule has 0 rings (SSSR count). The zero-order chi connectivity index (χ0) is 47.2. The molecule has 0 saturated heterocycles. The molecule has 0 N–H and O–H groups in total. The Hall–Kier alpha value is -3.41. The summed E-state index contributed by atoms with van der Waals surface area (Å²) in [6.07, 6.45) is 68.8. The van der Waals surface area contributed by atoms with Crippen molar-refractivity contribution in [3.8, 4) is 0 Å². The molecule has 65 heavy (non-hydrogen) atoms. The first kappa shape index (κ1) is 61.6. The highest BCUT2D eigenvalue weighted by Crippen LogP contribution is 2.14. The van der Waals surface area contributed by atoms with Crippen LogP contribution in [0.25, 0.3) is 0 Å². The van der Waals surface area contributed by atoms with Gasteiger partial charge in [-0.05, 0) is 77.0 Å². The van der Waals surface area contributed by atoms with Gasteiger partial charge >= 0.3 is 17.9 Å². The van der Waals surface area contributed by atoms with Crippen LogP contribution in [0.1, 0.15) is 252 Å². The monoisotopic (exact) mass is 905 g/mol. The van der Waals surface area contributed by atoms with E-state index in [0.29, 0.717) is 12.8 Å². The topological polar surface area (TPSA) is 78.9 Å². The van der Waals surface area contributed by atoms with Crippen LogP contribution in [0.15, 0.2) is 85.1 Å². The third-order valence-corrected chi connectivity index (χ3v) is 11.4. The second-order valence-electron chi connectivity index (χ2n) is 17.8. The lowest BCUT2D eigenvalue weighted by Gasteiger charge is -2.18. The zero-order valence-corrected chi connectivity index (χ0v) is 42.5. The minimum atomic E-state index is -0.830. The van der Waals surface area contributed by atoms with E-state index in [1.807, 2.05) is 6.08 Å². The van der Waals surface area contributed by atoms with Crippen molar-refractivity contribution in [3.05, 3.63) is 85.1 Å². The van der Waals surface area contributed by atoms with Gasteiger partial charge in [0.1, 0.15) is 13.2 Å². The third-order valence-electron chi connectivity index (χ3n) is 11.4. The maximum Gasteiger partial charge on any atom is 0.310 e. The highest BCUT2D eigenvalue weighted by molar-refractivity contribution is 5.72. The van der Waals surface area contributed by atoms with Crippen LogP contribution in [0.5, 0.6) is 0 Å². The van der Waals surface area contributed by atoms with E-state index in [9.17, 15) is 14.4 Å². The second-order valence-corrected chi connectivity index (χ2v) is 17.8. The number of ether oxygens (including phenoxy) is 3. The van der Waals surface area contributed by atoms with Crippen LogP contribution in [0.2, 0.25) is 0 Å². The normalized spacial score (nSPS) is 12.7. The first-order valence-electron chi connectivity index (χ1n) is 27.1. The van der Waals surface area contributed by atoms with E-state index in [1.54, 1.807) is 6.08 Å². The predicted octanol–water partition coefficient (Wildman–Crippen LogP) is 18.0. The average Bonchev–Trinajstić information content (AvgIpc) is 3.30. The van der Waals surface area contributed by atoms with Gasteiger partial charge in [0.25, 0.3) is 0 Å². The van der Waals surface area contributed by atoms with Crippen molar-refractivity contribution >= 4 is 17.9 Å². The molecule has 0 aliphatic heterocycles. The molecule has 372 valence electrons. The van der Waals surface area contributed by atoms with E-state index >= 15 is 0 Å². The molecule has 6 nitrogen and oxygen atoms in total. The molecule has 0 bridgehead atoms. The quantitative estimate of drug-likeness (QED) is 0.0262. The molecule has 0 aromatic heterocycles. The van der Waals surface area contributed by atoms with Crippen LogP contribution in [-0.4, -0.2) is 37.2 Å². The van der Waals surface area contributed by atoms with Gasteiger partial charge in [-0.2, -0.15) is 0 Å². The molecule has 0 amide bonds. The van der Waals surface area contributed by atoms with E-state index in [1.165, 1.54) is 135 Å². The number of rotatable bonds is 48. The Labute approximate surface area is 401 Å². The molecule has 0 fully saturated rings. The molecule has 0 aromatic carbocycles. The smallest absolute Gasteiger partial charge is 0.310 e. The Morgan fingerprint density at radius 1 is 0.338 bits per heavy atom. The van der Waals surface area contributed by atoms with E-state index in [4.69, 9.17) is 14.2 Å². The van der Waals surface area contributed by atoms with Crippen LogP contribution in [-0.2, 0) is 28.6 Å². The van der Waals surface area contributed by atoms with Crippen molar-refractivity contribution in [2.75, 3.05) is 13.2 Å². The molecule has 0 aliphatic carbocycles. The van der Waals surface area contributed by atoms with Crippen LogP contribution in [0.3, 0.4) is 0 Å². The Morgan fingerprint density at radius 3 is 1.02 bits per heavy atom. The van der Waals surface area contributed by atoms with Gasteiger partial charge < -0.3 is 14.2 Å². The lowest BCUT2D eigenvalue weighted by Crippen LogP contribution is -2.30. The molecular formula is C59H100O6. The zero-order valence-electron chi connectivity index (χ0n) is 42.5. The summed E-state index contributed by atoms with van der Waals surface area (Å²) >= 11 is 0. The number of allylic oxidation sites excluding steroid dienone is 13. The fraction of sp³-hybridized carbons (Fsp3) is 0.712. The predicted molar refractivity (Wildman–Crippen MR) is 279 cm³/mol. The summed E-state index contributed by atoms with van der Waals surface area (Å²) in [6, 6.07) is 0. The number of hydrogen-bond acceptors (Lipinski definition) is 6. The lowest BCUT2D eigenvalue weighted by atomic mass is 10.1. The standard InChI is InChI=1S/C59H100O6/c1-4-7-10-13-16-19-22-24-26-27-28-29-30-31-33-34-37-40-43-46-49-52-58(61)64-55-56(54-63-57(60)51-48-45-42-39-36-21-18-15-12-9-6-3)65-59(62)53-50-47-44-41-38-35-32-25-23-20-17-14-11-8-5-2/h8,11,17,20,22,24-25,27-28,32,38,41,47,50,56H,4-7,9-10,12-16,18-19,21,23,26,29-31,33-37,39-40,42-46,48-49,51-55H2,1-3H3/b11-8-,20-17-,24-22-,28-27-,32-25-,41-38-,50-47-. The molecule has 0 aliphatic rings. The van der Waals surface area contributed by atoms with Gasteiger partial charge in [-0.1, -0.05) is 241 Å². The van der Waals surface area contributed by atoms with Crippen molar-refractivity contribution in [2.45, 2.75) is 258 Å². The molecule has 0 saturated carbocycles. The SMILES string of the molecule is CC/C=C\C/C=C\C/C=C\C/C=C\C/C=C\CC(=O)OC(COC(=O)CCCCCCCCCCC/C=C\C/C=C\CCCCCCC)COC(=O)CCCCCCCCCCCCC. The average molecular weight is 905 g/mol. The van der Waals surface area contributed by atoms with Gasteiger partial charge in [0, 0.05) is 12.8 Å². The van der Waals surface area contributed by atoms with Crippen molar-refractivity contribution in [1.82, 2.24) is 0 Å². The molecule has 0 radical (unpaired) electrons. The van der Waals surface area contributed by atoms with Crippen molar-refractivity contribution < 1.29 is 28.6 Å². The molecule has 0 spiro atoms. The van der Waals surface area contributed by atoms with Gasteiger partial charge in [0.2, 0.25) is 0 Å². The minimum absolute atomic E-state index is 0.0967. The van der Waals surface area contributed by atoms with Crippen LogP contribution < -0.4 is 0 Å². The minimum Gasteiger partial charge on any atom is -0.462 e. The maximum absolute atomic E-state index is 12.7. The summed E-state index contributed by atoms with van der Waals surface area (Å²) in [4.78, 5) is 37.9. The molecule has 6 heteroatoms. The first-order chi connectivity index (χ1) is 32.0. The summed E-state index contributed by atoms with van der Waals surface area (Å²) in [5.74, 6) is -1.05. The maximum atomic E-state index is 12.7. The number of carbonyl (C=O) groups excluding carboxylic acids is 3. The van der Waals surface area contributed by atoms with E-state index in [-0.39, 0.29) is 31.6 Å².